The maximum atomic E-state index is 12.7. The van der Waals surface area contributed by atoms with Gasteiger partial charge in [0, 0.05) is 23.6 Å². The predicted molar refractivity (Wildman–Crippen MR) is 103 cm³/mol. The van der Waals surface area contributed by atoms with E-state index in [2.05, 4.69) is 4.98 Å². The predicted octanol–water partition coefficient (Wildman–Crippen LogP) is 3.70. The number of fused-ring (bicyclic) bond motifs is 1. The van der Waals surface area contributed by atoms with E-state index in [-0.39, 0.29) is 11.4 Å². The Labute approximate surface area is 156 Å². The molecule has 0 fully saturated rings. The number of benzene rings is 2. The lowest BCUT2D eigenvalue weighted by Crippen LogP contribution is -2.32. The summed E-state index contributed by atoms with van der Waals surface area (Å²) in [5.41, 5.74) is 3.13. The fourth-order valence-electron chi connectivity index (χ4n) is 3.81. The number of H-pyrrole nitrogens is 1. The Morgan fingerprint density at radius 1 is 1.11 bits per heavy atom. The number of nitrogens with zero attached hydrogens (tertiary/aromatic N) is 1. The van der Waals surface area contributed by atoms with Gasteiger partial charge >= 0.3 is 0 Å². The fourth-order valence-corrected chi connectivity index (χ4v) is 3.81. The smallest absolute Gasteiger partial charge is 0.290 e. The molecule has 136 valence electrons. The highest BCUT2D eigenvalue weighted by atomic mass is 16.3. The number of aliphatic hydroxyl groups excluding tert-OH is 1. The molecule has 0 bridgehead atoms. The zero-order chi connectivity index (χ0) is 19.0. The number of aromatic amines is 1. The Balaban J connectivity index is 1.66. The van der Waals surface area contributed by atoms with Gasteiger partial charge in [0.15, 0.2) is 11.5 Å². The number of para-hydroxylation sites is 1. The Bertz CT molecular complexity index is 1050. The van der Waals surface area contributed by atoms with Crippen molar-refractivity contribution in [1.82, 2.24) is 9.88 Å². The summed E-state index contributed by atoms with van der Waals surface area (Å²) in [5, 5.41) is 11.4. The Morgan fingerprint density at radius 3 is 2.56 bits per heavy atom. The zero-order valence-corrected chi connectivity index (χ0v) is 15.0. The second-order valence-electron chi connectivity index (χ2n) is 6.74. The lowest BCUT2D eigenvalue weighted by Gasteiger charge is -2.26. The van der Waals surface area contributed by atoms with E-state index in [4.69, 9.17) is 0 Å². The first-order valence-electron chi connectivity index (χ1n) is 8.93. The third-order valence-corrected chi connectivity index (χ3v) is 5.10. The molecule has 1 aliphatic heterocycles. The molecule has 3 aromatic rings. The second-order valence-corrected chi connectivity index (χ2v) is 6.74. The van der Waals surface area contributed by atoms with Crippen molar-refractivity contribution >= 4 is 22.6 Å². The van der Waals surface area contributed by atoms with Gasteiger partial charge < -0.3 is 15.0 Å². The van der Waals surface area contributed by atoms with E-state index in [0.29, 0.717) is 13.0 Å². The molecule has 0 unspecified atom stereocenters. The molecule has 0 saturated carbocycles. The molecule has 2 N–H and O–H groups in total. The lowest BCUT2D eigenvalue weighted by molar-refractivity contribution is -0.129. The summed E-state index contributed by atoms with van der Waals surface area (Å²) in [6, 6.07) is 16.8. The normalized spacial score (nSPS) is 17.1. The summed E-state index contributed by atoms with van der Waals surface area (Å²) >= 11 is 0. The Kier molecular flexibility index (Phi) is 4.28. The van der Waals surface area contributed by atoms with Crippen LogP contribution in [0.1, 0.15) is 24.1 Å². The van der Waals surface area contributed by atoms with Crippen molar-refractivity contribution in [2.24, 2.45) is 0 Å². The number of ketones is 1. The number of hydrogen-bond acceptors (Lipinski definition) is 3. The minimum atomic E-state index is -0.554. The molecule has 0 aliphatic carbocycles. The third kappa shape index (κ3) is 2.91. The number of carbonyl (C=O) groups excluding carboxylic acids is 2. The summed E-state index contributed by atoms with van der Waals surface area (Å²) in [7, 11) is 0. The molecule has 0 saturated heterocycles. The highest BCUT2D eigenvalue weighted by molar-refractivity contribution is 6.08. The zero-order valence-electron chi connectivity index (χ0n) is 15.0. The largest absolute Gasteiger partial charge is 0.503 e. The molecular weight excluding hydrogens is 340 g/mol. The maximum Gasteiger partial charge on any atom is 0.290 e. The average molecular weight is 360 g/mol. The highest BCUT2D eigenvalue weighted by Crippen LogP contribution is 2.37. The first-order chi connectivity index (χ1) is 13.1. The van der Waals surface area contributed by atoms with Crippen LogP contribution >= 0.6 is 0 Å². The van der Waals surface area contributed by atoms with E-state index in [9.17, 15) is 14.7 Å². The summed E-state index contributed by atoms with van der Waals surface area (Å²) in [4.78, 5) is 29.6. The van der Waals surface area contributed by atoms with Crippen LogP contribution in [0.3, 0.4) is 0 Å². The quantitative estimate of drug-likeness (QED) is 0.729. The SMILES string of the molecule is CC(=O)C1=C(O)C(=O)N(CCc2c[nH]c3ccccc23)[C@@H]1c1ccccc1. The van der Waals surface area contributed by atoms with E-state index in [0.717, 1.165) is 22.0 Å². The first-order valence-corrected chi connectivity index (χ1v) is 8.93. The summed E-state index contributed by atoms with van der Waals surface area (Å²) in [6.07, 6.45) is 2.57. The number of aromatic nitrogens is 1. The number of aliphatic hydroxyl groups is 1. The summed E-state index contributed by atoms with van der Waals surface area (Å²) in [5.74, 6) is -1.21. The van der Waals surface area contributed by atoms with Gasteiger partial charge in [-0.05, 0) is 30.5 Å². The van der Waals surface area contributed by atoms with Gasteiger partial charge in [-0.3, -0.25) is 9.59 Å². The topological polar surface area (TPSA) is 73.4 Å². The molecule has 27 heavy (non-hydrogen) atoms. The van der Waals surface area contributed by atoms with Gasteiger partial charge in [-0.15, -0.1) is 0 Å². The summed E-state index contributed by atoms with van der Waals surface area (Å²) < 4.78 is 0. The molecule has 2 heterocycles. The standard InChI is InChI=1S/C22H20N2O3/c1-14(25)19-20(15-7-3-2-4-8-15)24(22(27)21(19)26)12-11-16-13-23-18-10-6-5-9-17(16)18/h2-10,13,20,23,26H,11-12H2,1H3/t20-/m1/s1. The van der Waals surface area contributed by atoms with Gasteiger partial charge in [0.2, 0.25) is 0 Å². The van der Waals surface area contributed by atoms with Crippen LogP contribution in [0.15, 0.2) is 72.1 Å². The molecule has 5 nitrogen and oxygen atoms in total. The molecule has 1 aliphatic rings. The van der Waals surface area contributed by atoms with E-state index in [1.54, 1.807) is 4.90 Å². The summed E-state index contributed by atoms with van der Waals surface area (Å²) in [6.45, 7) is 1.79. The molecule has 2 aromatic carbocycles. The van der Waals surface area contributed by atoms with Crippen LogP contribution < -0.4 is 0 Å². The van der Waals surface area contributed by atoms with Crippen LogP contribution in [0.4, 0.5) is 0 Å². The second kappa shape index (κ2) is 6.76. The number of Topliss-reactive ketones (excluding diaryl/α,β-unsaturated/α-hetero) is 1. The van der Waals surface area contributed by atoms with Gasteiger partial charge in [-0.1, -0.05) is 48.5 Å². The first kappa shape index (κ1) is 17.1. The van der Waals surface area contributed by atoms with Gasteiger partial charge in [-0.2, -0.15) is 0 Å². The van der Waals surface area contributed by atoms with Crippen molar-refractivity contribution in [3.8, 4) is 0 Å². The monoisotopic (exact) mass is 360 g/mol. The number of carbonyl (C=O) groups is 2. The Hall–Kier alpha value is -3.34. The van der Waals surface area contributed by atoms with Crippen LogP contribution in [-0.4, -0.2) is 33.2 Å². The maximum absolute atomic E-state index is 12.7. The molecule has 1 atom stereocenters. The van der Waals surface area contributed by atoms with Crippen LogP contribution in [0.5, 0.6) is 0 Å². The van der Waals surface area contributed by atoms with Crippen molar-refractivity contribution in [2.75, 3.05) is 6.54 Å². The molecule has 1 amide bonds. The van der Waals surface area contributed by atoms with Gasteiger partial charge in [0.1, 0.15) is 0 Å². The molecule has 5 heteroatoms. The van der Waals surface area contributed by atoms with Crippen LogP contribution in [0.2, 0.25) is 0 Å². The van der Waals surface area contributed by atoms with Crippen molar-refractivity contribution in [3.05, 3.63) is 83.3 Å². The molecular formula is C22H20N2O3. The minimum absolute atomic E-state index is 0.171. The van der Waals surface area contributed by atoms with Crippen molar-refractivity contribution in [1.29, 1.82) is 0 Å². The number of rotatable bonds is 5. The van der Waals surface area contributed by atoms with Crippen molar-refractivity contribution in [3.63, 3.8) is 0 Å². The third-order valence-electron chi connectivity index (χ3n) is 5.10. The van der Waals surface area contributed by atoms with E-state index in [1.807, 2.05) is 60.8 Å². The van der Waals surface area contributed by atoms with Gasteiger partial charge in [-0.25, -0.2) is 0 Å². The van der Waals surface area contributed by atoms with Crippen molar-refractivity contribution < 1.29 is 14.7 Å². The van der Waals surface area contributed by atoms with E-state index >= 15 is 0 Å². The van der Waals surface area contributed by atoms with E-state index < -0.39 is 17.7 Å². The average Bonchev–Trinajstić information content (AvgIpc) is 3.20. The van der Waals surface area contributed by atoms with Crippen LogP contribution in [0, 0.1) is 0 Å². The molecule has 0 spiro atoms. The van der Waals surface area contributed by atoms with Crippen LogP contribution in [-0.2, 0) is 16.0 Å². The molecule has 4 rings (SSSR count). The number of nitrogens with one attached hydrogen (secondary N) is 1. The molecule has 1 aromatic heterocycles. The van der Waals surface area contributed by atoms with Gasteiger partial charge in [0.25, 0.3) is 5.91 Å². The fraction of sp³-hybridized carbons (Fsp3) is 0.182. The van der Waals surface area contributed by atoms with E-state index in [1.165, 1.54) is 6.92 Å². The Morgan fingerprint density at radius 2 is 1.81 bits per heavy atom. The number of amides is 1. The lowest BCUT2D eigenvalue weighted by atomic mass is 9.96. The van der Waals surface area contributed by atoms with Crippen molar-refractivity contribution in [2.45, 2.75) is 19.4 Å². The number of hydrogen-bond donors (Lipinski definition) is 2. The van der Waals surface area contributed by atoms with Gasteiger partial charge in [0.05, 0.1) is 11.6 Å². The minimum Gasteiger partial charge on any atom is -0.503 e. The molecule has 0 radical (unpaired) electrons. The highest BCUT2D eigenvalue weighted by Gasteiger charge is 2.41. The van der Waals surface area contributed by atoms with Crippen LogP contribution in [0.25, 0.3) is 10.9 Å².